The molecule has 0 nitrogen and oxygen atoms in total. The molecule has 8 radical (unpaired) electrons. The molecular formula is CH4Ge2Mo2. The fourth-order valence-electron chi connectivity index (χ4n) is 0. The Morgan fingerprint density at radius 1 is 0.600 bits per heavy atom. The Morgan fingerprint density at radius 2 is 0.600 bits per heavy atom. The third-order valence-corrected chi connectivity index (χ3v) is 0. The maximum absolute atomic E-state index is 0. The van der Waals surface area contributed by atoms with Crippen LogP contribution in [0.1, 0.15) is 7.43 Å². The van der Waals surface area contributed by atoms with E-state index in [-0.39, 0.29) is 84.8 Å². The minimum atomic E-state index is 0. The van der Waals surface area contributed by atoms with E-state index in [4.69, 9.17) is 0 Å². The first-order chi connectivity index (χ1) is 0. The van der Waals surface area contributed by atoms with Gasteiger partial charge < -0.3 is 0 Å². The van der Waals surface area contributed by atoms with Gasteiger partial charge in [0.2, 0.25) is 0 Å². The summed E-state index contributed by atoms with van der Waals surface area (Å²) in [5.74, 6) is 0. The second-order valence-corrected chi connectivity index (χ2v) is 0. The second-order valence-electron chi connectivity index (χ2n) is 0. The van der Waals surface area contributed by atoms with E-state index in [1.807, 2.05) is 0 Å². The van der Waals surface area contributed by atoms with Crippen LogP contribution in [0.15, 0.2) is 0 Å². The van der Waals surface area contributed by atoms with Gasteiger partial charge in [0.25, 0.3) is 0 Å². The van der Waals surface area contributed by atoms with E-state index < -0.39 is 0 Å². The van der Waals surface area contributed by atoms with Crippen molar-refractivity contribution in [2.75, 3.05) is 0 Å². The van der Waals surface area contributed by atoms with Crippen molar-refractivity contribution in [1.29, 1.82) is 0 Å². The first-order valence-corrected chi connectivity index (χ1v) is 0. The fourth-order valence-corrected chi connectivity index (χ4v) is 0. The van der Waals surface area contributed by atoms with E-state index in [2.05, 4.69) is 0 Å². The fraction of sp³-hybridized carbons (Fsp3) is 1.00. The van der Waals surface area contributed by atoms with Gasteiger partial charge in [0, 0.05) is 77.3 Å². The molecule has 0 saturated heterocycles. The van der Waals surface area contributed by atoms with Crippen molar-refractivity contribution in [2.24, 2.45) is 0 Å². The zero-order chi connectivity index (χ0) is 0. The molecule has 0 aliphatic carbocycles. The van der Waals surface area contributed by atoms with Gasteiger partial charge in [0.1, 0.15) is 0 Å². The molecule has 0 heterocycles. The van der Waals surface area contributed by atoms with Gasteiger partial charge >= 0.3 is 0 Å². The average molecular weight is 353 g/mol. The van der Waals surface area contributed by atoms with Crippen molar-refractivity contribution in [2.45, 2.75) is 7.43 Å². The monoisotopic (exact) mass is 360 g/mol. The average Bonchev–Trinajstić information content (AvgIpc) is 0. The summed E-state index contributed by atoms with van der Waals surface area (Å²) in [6.45, 7) is 0. The van der Waals surface area contributed by atoms with Crippen LogP contribution in [-0.4, -0.2) is 35.2 Å². The van der Waals surface area contributed by atoms with Gasteiger partial charge in [-0.15, -0.1) is 0 Å². The van der Waals surface area contributed by atoms with Gasteiger partial charge in [-0.1, -0.05) is 7.43 Å². The molecule has 0 fully saturated rings. The molecule has 0 aromatic heterocycles. The van der Waals surface area contributed by atoms with Crippen molar-refractivity contribution >= 4 is 35.2 Å². The molecule has 0 saturated carbocycles. The summed E-state index contributed by atoms with van der Waals surface area (Å²) < 4.78 is 0. The predicted molar refractivity (Wildman–Crippen MR) is 18.2 cm³/mol. The Kier molecular flexibility index (Phi) is 327. The van der Waals surface area contributed by atoms with Crippen LogP contribution in [0.3, 0.4) is 0 Å². The van der Waals surface area contributed by atoms with Crippen molar-refractivity contribution in [3.05, 3.63) is 0 Å². The summed E-state index contributed by atoms with van der Waals surface area (Å²) >= 11 is 0. The normalized spacial score (nSPS) is 0. The SMILES string of the molecule is C.[Ge].[Ge].[Mo].[Mo]. The summed E-state index contributed by atoms with van der Waals surface area (Å²) in [4.78, 5) is 0. The molecule has 0 aromatic carbocycles. The van der Waals surface area contributed by atoms with Crippen LogP contribution in [0, 0.1) is 0 Å². The summed E-state index contributed by atoms with van der Waals surface area (Å²) in [6, 6.07) is 0. The number of rotatable bonds is 0. The number of hydrogen-bond acceptors (Lipinski definition) is 0. The molecule has 0 N–H and O–H groups in total. The van der Waals surface area contributed by atoms with Gasteiger partial charge in [-0.25, -0.2) is 0 Å². The van der Waals surface area contributed by atoms with Crippen LogP contribution in [0.2, 0.25) is 0 Å². The summed E-state index contributed by atoms with van der Waals surface area (Å²) in [7, 11) is 0. The molecule has 0 amide bonds. The number of hydrogen-bond donors (Lipinski definition) is 0. The van der Waals surface area contributed by atoms with Crippen molar-refractivity contribution in [3.63, 3.8) is 0 Å². The second kappa shape index (κ2) is 31.8. The van der Waals surface area contributed by atoms with Crippen molar-refractivity contribution in [1.82, 2.24) is 0 Å². The molecule has 4 heteroatoms. The van der Waals surface area contributed by atoms with E-state index >= 15 is 0 Å². The van der Waals surface area contributed by atoms with Crippen LogP contribution in [-0.2, 0) is 42.1 Å². The molecule has 0 atom stereocenters. The van der Waals surface area contributed by atoms with E-state index in [1.165, 1.54) is 0 Å². The molecule has 0 aromatic rings. The maximum atomic E-state index is 0. The summed E-state index contributed by atoms with van der Waals surface area (Å²) in [6.07, 6.45) is 0. The van der Waals surface area contributed by atoms with Crippen molar-refractivity contribution in [3.8, 4) is 0 Å². The summed E-state index contributed by atoms with van der Waals surface area (Å²) in [5.41, 5.74) is 0. The molecule has 0 spiro atoms. The third kappa shape index (κ3) is 21.2. The quantitative estimate of drug-likeness (QED) is 0.533. The molecule has 0 aliphatic rings. The first-order valence-electron chi connectivity index (χ1n) is 0. The van der Waals surface area contributed by atoms with E-state index in [9.17, 15) is 0 Å². The molecule has 0 bridgehead atoms. The Balaban J connectivity index is 0. The topological polar surface area (TPSA) is 0 Å². The van der Waals surface area contributed by atoms with Crippen LogP contribution in [0.25, 0.3) is 0 Å². The van der Waals surface area contributed by atoms with Gasteiger partial charge in [-0.05, 0) is 0 Å². The van der Waals surface area contributed by atoms with E-state index in [0.717, 1.165) is 0 Å². The third-order valence-electron chi connectivity index (χ3n) is 0. The molecule has 0 rings (SSSR count). The Labute approximate surface area is 83.7 Å². The Morgan fingerprint density at radius 3 is 0.600 bits per heavy atom. The van der Waals surface area contributed by atoms with E-state index in [1.54, 1.807) is 0 Å². The molecule has 0 unspecified atom stereocenters. The van der Waals surface area contributed by atoms with Crippen molar-refractivity contribution < 1.29 is 42.1 Å². The smallest absolute Gasteiger partial charge is 0 e. The molecular weight excluding hydrogens is 349 g/mol. The minimum absolute atomic E-state index is 0. The predicted octanol–water partition coefficient (Wildman–Crippen LogP) is -0.130. The van der Waals surface area contributed by atoms with Gasteiger partial charge in [-0.2, -0.15) is 0 Å². The van der Waals surface area contributed by atoms with Gasteiger partial charge in [0.15, 0.2) is 0 Å². The molecule has 28 valence electrons. The standard InChI is InChI=1S/CH4.2Ge.2Mo/h1H4;;;;. The van der Waals surface area contributed by atoms with Crippen LogP contribution >= 0.6 is 0 Å². The minimum Gasteiger partial charge on any atom is -0.0776 e. The van der Waals surface area contributed by atoms with Gasteiger partial charge in [0.05, 0.1) is 0 Å². The van der Waals surface area contributed by atoms with Crippen LogP contribution in [0.5, 0.6) is 0 Å². The zero-order valence-electron chi connectivity index (χ0n) is 1.82. The maximum Gasteiger partial charge on any atom is 0 e. The molecule has 5 heavy (non-hydrogen) atoms. The van der Waals surface area contributed by atoms with Gasteiger partial charge in [-0.3, -0.25) is 0 Å². The summed E-state index contributed by atoms with van der Waals surface area (Å²) in [5, 5.41) is 0. The molecule has 0 aliphatic heterocycles. The van der Waals surface area contributed by atoms with Crippen LogP contribution < -0.4 is 0 Å². The first kappa shape index (κ1) is 51.4. The Hall–Kier alpha value is 2.46. The Bertz CT molecular complexity index is 7.61. The van der Waals surface area contributed by atoms with E-state index in [0.29, 0.717) is 0 Å². The van der Waals surface area contributed by atoms with Crippen LogP contribution in [0.4, 0.5) is 0 Å². The largest absolute Gasteiger partial charge is 0.0776 e. The zero-order valence-corrected chi connectivity index (χ0v) is 10.0.